The van der Waals surface area contributed by atoms with Gasteiger partial charge in [0.2, 0.25) is 0 Å². The summed E-state index contributed by atoms with van der Waals surface area (Å²) in [6, 6.07) is 18.1. The lowest BCUT2D eigenvalue weighted by molar-refractivity contribution is 0.0746. The summed E-state index contributed by atoms with van der Waals surface area (Å²) in [5, 5.41) is 3.30. The number of carbonyl (C=O) groups excluding carboxylic acids is 1. The minimum Gasteiger partial charge on any atom is -0.339 e. The molecule has 1 aromatic heterocycles. The number of para-hydroxylation sites is 1. The molecule has 0 spiro atoms. The number of hydrogen-bond donors (Lipinski definition) is 1. The molecule has 0 saturated heterocycles. The summed E-state index contributed by atoms with van der Waals surface area (Å²) in [5.74, 6) is 0.900. The van der Waals surface area contributed by atoms with Crippen LogP contribution < -0.4 is 5.32 Å². The van der Waals surface area contributed by atoms with Gasteiger partial charge in [0, 0.05) is 18.8 Å². The van der Waals surface area contributed by atoms with Crippen LogP contribution >= 0.6 is 0 Å². The maximum Gasteiger partial charge on any atom is 0.274 e. The standard InChI is InChI=1S/C23H26N4O/c1-4-27(16-18-10-6-5-7-11-18)23(28)21-14-25-22(15-24-21)26-20-13-9-8-12-19(20)17(2)3/h5-15,17H,4,16H2,1-3H3,(H,25,26). The highest BCUT2D eigenvalue weighted by molar-refractivity contribution is 5.92. The van der Waals surface area contributed by atoms with Gasteiger partial charge in [-0.25, -0.2) is 9.97 Å². The molecule has 0 aliphatic heterocycles. The predicted molar refractivity (Wildman–Crippen MR) is 113 cm³/mol. The summed E-state index contributed by atoms with van der Waals surface area (Å²) in [6.45, 7) is 7.43. The van der Waals surface area contributed by atoms with Gasteiger partial charge in [0.1, 0.15) is 11.5 Å². The molecular weight excluding hydrogens is 348 g/mol. The first-order valence-corrected chi connectivity index (χ1v) is 9.59. The number of aromatic nitrogens is 2. The van der Waals surface area contributed by atoms with E-state index in [1.807, 2.05) is 55.5 Å². The number of hydrogen-bond acceptors (Lipinski definition) is 4. The summed E-state index contributed by atoms with van der Waals surface area (Å²) < 4.78 is 0. The van der Waals surface area contributed by atoms with Crippen molar-refractivity contribution < 1.29 is 4.79 Å². The number of carbonyl (C=O) groups is 1. The molecule has 0 saturated carbocycles. The van der Waals surface area contributed by atoms with E-state index in [1.54, 1.807) is 11.1 Å². The molecule has 1 amide bonds. The van der Waals surface area contributed by atoms with Crippen molar-refractivity contribution >= 4 is 17.4 Å². The summed E-state index contributed by atoms with van der Waals surface area (Å²) >= 11 is 0. The predicted octanol–water partition coefficient (Wildman–Crippen LogP) is 5.01. The van der Waals surface area contributed by atoms with E-state index in [0.717, 1.165) is 11.3 Å². The number of rotatable bonds is 7. The van der Waals surface area contributed by atoms with Crippen molar-refractivity contribution in [2.24, 2.45) is 0 Å². The van der Waals surface area contributed by atoms with Crippen molar-refractivity contribution in [1.82, 2.24) is 14.9 Å². The van der Waals surface area contributed by atoms with Gasteiger partial charge in [-0.2, -0.15) is 0 Å². The number of benzene rings is 2. The van der Waals surface area contributed by atoms with Gasteiger partial charge in [0.15, 0.2) is 0 Å². The molecular formula is C23H26N4O. The third-order valence-corrected chi connectivity index (χ3v) is 4.60. The Labute approximate surface area is 166 Å². The monoisotopic (exact) mass is 374 g/mol. The lowest BCUT2D eigenvalue weighted by Crippen LogP contribution is -2.31. The lowest BCUT2D eigenvalue weighted by Gasteiger charge is -2.20. The Morgan fingerprint density at radius 2 is 1.71 bits per heavy atom. The highest BCUT2D eigenvalue weighted by Gasteiger charge is 2.16. The average Bonchev–Trinajstić information content (AvgIpc) is 2.73. The fraction of sp³-hybridized carbons (Fsp3) is 0.261. The van der Waals surface area contributed by atoms with Gasteiger partial charge in [-0.1, -0.05) is 62.4 Å². The van der Waals surface area contributed by atoms with Gasteiger partial charge < -0.3 is 10.2 Å². The van der Waals surface area contributed by atoms with Crippen molar-refractivity contribution in [1.29, 1.82) is 0 Å². The number of nitrogens with one attached hydrogen (secondary N) is 1. The molecule has 0 aliphatic rings. The molecule has 3 aromatic rings. The Kier molecular flexibility index (Phi) is 6.37. The Bertz CT molecular complexity index is 907. The molecule has 5 nitrogen and oxygen atoms in total. The van der Waals surface area contributed by atoms with Gasteiger partial charge in [-0.05, 0) is 30.0 Å². The zero-order valence-electron chi connectivity index (χ0n) is 16.6. The first-order valence-electron chi connectivity index (χ1n) is 9.59. The van der Waals surface area contributed by atoms with Crippen molar-refractivity contribution in [2.75, 3.05) is 11.9 Å². The van der Waals surface area contributed by atoms with E-state index in [2.05, 4.69) is 35.2 Å². The van der Waals surface area contributed by atoms with Gasteiger partial charge in [-0.3, -0.25) is 4.79 Å². The van der Waals surface area contributed by atoms with Crippen LogP contribution in [0.15, 0.2) is 67.0 Å². The summed E-state index contributed by atoms with van der Waals surface area (Å²) in [6.07, 6.45) is 3.15. The maximum atomic E-state index is 12.8. The highest BCUT2D eigenvalue weighted by atomic mass is 16.2. The van der Waals surface area contributed by atoms with Crippen molar-refractivity contribution in [3.8, 4) is 0 Å². The lowest BCUT2D eigenvalue weighted by atomic mass is 10.0. The highest BCUT2D eigenvalue weighted by Crippen LogP contribution is 2.25. The van der Waals surface area contributed by atoms with E-state index in [0.29, 0.717) is 30.5 Å². The molecule has 0 aliphatic carbocycles. The van der Waals surface area contributed by atoms with E-state index in [4.69, 9.17) is 0 Å². The Balaban J connectivity index is 1.72. The SMILES string of the molecule is CCN(Cc1ccccc1)C(=O)c1cnc(Nc2ccccc2C(C)C)cn1. The summed E-state index contributed by atoms with van der Waals surface area (Å²) in [5.41, 5.74) is 3.66. The molecule has 0 fully saturated rings. The first kappa shape index (κ1) is 19.5. The number of nitrogens with zero attached hydrogens (tertiary/aromatic N) is 3. The molecule has 5 heteroatoms. The topological polar surface area (TPSA) is 58.1 Å². The van der Waals surface area contributed by atoms with E-state index in [9.17, 15) is 4.79 Å². The number of amides is 1. The van der Waals surface area contributed by atoms with Crippen molar-refractivity contribution in [2.45, 2.75) is 33.2 Å². The molecule has 1 N–H and O–H groups in total. The fourth-order valence-corrected chi connectivity index (χ4v) is 3.05. The quantitative estimate of drug-likeness (QED) is 0.632. The second-order valence-corrected chi connectivity index (χ2v) is 6.96. The van der Waals surface area contributed by atoms with Crippen LogP contribution in [0.4, 0.5) is 11.5 Å². The fourth-order valence-electron chi connectivity index (χ4n) is 3.05. The minimum atomic E-state index is -0.118. The van der Waals surface area contributed by atoms with Gasteiger partial charge in [0.05, 0.1) is 12.4 Å². The Morgan fingerprint density at radius 1 is 1.00 bits per heavy atom. The second-order valence-electron chi connectivity index (χ2n) is 6.96. The number of anilines is 2. The zero-order valence-corrected chi connectivity index (χ0v) is 16.6. The molecule has 0 radical (unpaired) electrons. The summed E-state index contributed by atoms with van der Waals surface area (Å²) in [4.78, 5) is 23.3. The minimum absolute atomic E-state index is 0.118. The van der Waals surface area contributed by atoms with Crippen molar-refractivity contribution in [3.05, 3.63) is 83.8 Å². The van der Waals surface area contributed by atoms with E-state index >= 15 is 0 Å². The molecule has 28 heavy (non-hydrogen) atoms. The molecule has 2 aromatic carbocycles. The molecule has 144 valence electrons. The van der Waals surface area contributed by atoms with Crippen LogP contribution in [0.1, 0.15) is 48.3 Å². The van der Waals surface area contributed by atoms with Crippen LogP contribution in [-0.2, 0) is 6.54 Å². The first-order chi connectivity index (χ1) is 13.6. The normalized spacial score (nSPS) is 10.7. The molecule has 0 atom stereocenters. The molecule has 3 rings (SSSR count). The molecule has 1 heterocycles. The third-order valence-electron chi connectivity index (χ3n) is 4.60. The van der Waals surface area contributed by atoms with Crippen LogP contribution in [0, 0.1) is 0 Å². The summed E-state index contributed by atoms with van der Waals surface area (Å²) in [7, 11) is 0. The third kappa shape index (κ3) is 4.74. The van der Waals surface area contributed by atoms with Gasteiger partial charge in [0.25, 0.3) is 5.91 Å². The van der Waals surface area contributed by atoms with Gasteiger partial charge in [-0.15, -0.1) is 0 Å². The van der Waals surface area contributed by atoms with E-state index < -0.39 is 0 Å². The Hall–Kier alpha value is -3.21. The smallest absolute Gasteiger partial charge is 0.274 e. The van der Waals surface area contributed by atoms with E-state index in [1.165, 1.54) is 11.8 Å². The zero-order chi connectivity index (χ0) is 19.9. The molecule has 0 bridgehead atoms. The van der Waals surface area contributed by atoms with Crippen LogP contribution in [-0.4, -0.2) is 27.3 Å². The second kappa shape index (κ2) is 9.13. The average molecular weight is 374 g/mol. The van der Waals surface area contributed by atoms with Crippen molar-refractivity contribution in [3.63, 3.8) is 0 Å². The largest absolute Gasteiger partial charge is 0.339 e. The maximum absolute atomic E-state index is 12.8. The van der Waals surface area contributed by atoms with E-state index in [-0.39, 0.29) is 5.91 Å². The Morgan fingerprint density at radius 3 is 2.36 bits per heavy atom. The van der Waals surface area contributed by atoms with Crippen LogP contribution in [0.3, 0.4) is 0 Å². The van der Waals surface area contributed by atoms with Crippen LogP contribution in [0.5, 0.6) is 0 Å². The molecule has 0 unspecified atom stereocenters. The van der Waals surface area contributed by atoms with Crippen LogP contribution in [0.25, 0.3) is 0 Å². The van der Waals surface area contributed by atoms with Gasteiger partial charge >= 0.3 is 0 Å². The van der Waals surface area contributed by atoms with Crippen LogP contribution in [0.2, 0.25) is 0 Å².